The van der Waals surface area contributed by atoms with E-state index in [1.807, 2.05) is 0 Å². The maximum Gasteiger partial charge on any atom is 0.234 e. The highest BCUT2D eigenvalue weighted by Gasteiger charge is 2.41. The van der Waals surface area contributed by atoms with E-state index < -0.39 is 0 Å². The predicted molar refractivity (Wildman–Crippen MR) is 49.9 cm³/mol. The number of nitrogens with two attached hydrogens (primary N) is 2. The van der Waals surface area contributed by atoms with Crippen LogP contribution in [0.15, 0.2) is 0 Å². The van der Waals surface area contributed by atoms with Gasteiger partial charge in [0.2, 0.25) is 5.91 Å². The van der Waals surface area contributed by atoms with Crippen molar-refractivity contribution < 1.29 is 4.79 Å². The number of primary amides is 1. The molecule has 0 aromatic carbocycles. The molecule has 1 amide bonds. The van der Waals surface area contributed by atoms with Crippen LogP contribution in [0.25, 0.3) is 0 Å². The van der Waals surface area contributed by atoms with Crippen molar-refractivity contribution in [2.75, 3.05) is 6.54 Å². The number of hydrogen-bond donors (Lipinski definition) is 2. The Morgan fingerprint density at radius 2 is 2.08 bits per heavy atom. The van der Waals surface area contributed by atoms with Crippen molar-refractivity contribution in [3.8, 4) is 0 Å². The third-order valence-electron chi connectivity index (χ3n) is 3.35. The zero-order valence-electron chi connectivity index (χ0n) is 7.78. The van der Waals surface area contributed by atoms with Crippen LogP contribution in [-0.2, 0) is 4.79 Å². The number of likely N-dealkylation sites (tertiary alicyclic amines) is 1. The van der Waals surface area contributed by atoms with Crippen molar-refractivity contribution in [3.05, 3.63) is 0 Å². The molecule has 2 fully saturated rings. The molecule has 0 bridgehead atoms. The second-order valence-electron chi connectivity index (χ2n) is 4.11. The smallest absolute Gasteiger partial charge is 0.234 e. The fraction of sp³-hybridized carbons (Fsp3) is 0.889. The van der Waals surface area contributed by atoms with Crippen LogP contribution in [-0.4, -0.2) is 35.5 Å². The molecule has 4 heteroatoms. The predicted octanol–water partition coefficient (Wildman–Crippen LogP) is -0.574. The Balaban J connectivity index is 1.97. The van der Waals surface area contributed by atoms with Crippen LogP contribution in [0.4, 0.5) is 0 Å². The van der Waals surface area contributed by atoms with E-state index in [1.54, 1.807) is 0 Å². The molecule has 0 radical (unpaired) electrons. The van der Waals surface area contributed by atoms with Crippen LogP contribution in [0.5, 0.6) is 0 Å². The molecule has 3 atom stereocenters. The van der Waals surface area contributed by atoms with E-state index in [9.17, 15) is 4.79 Å². The van der Waals surface area contributed by atoms with Gasteiger partial charge in [-0.15, -0.1) is 0 Å². The lowest BCUT2D eigenvalue weighted by atomic mass is 9.97. The Morgan fingerprint density at radius 3 is 2.46 bits per heavy atom. The first-order chi connectivity index (χ1) is 6.20. The number of carbonyl (C=O) groups excluding carboxylic acids is 1. The molecule has 3 unspecified atom stereocenters. The van der Waals surface area contributed by atoms with E-state index in [2.05, 4.69) is 4.90 Å². The van der Waals surface area contributed by atoms with E-state index in [-0.39, 0.29) is 18.0 Å². The molecule has 2 rings (SSSR count). The van der Waals surface area contributed by atoms with Crippen LogP contribution in [0.3, 0.4) is 0 Å². The van der Waals surface area contributed by atoms with Crippen LogP contribution in [0.1, 0.15) is 25.7 Å². The van der Waals surface area contributed by atoms with Crippen molar-refractivity contribution in [1.82, 2.24) is 4.90 Å². The minimum Gasteiger partial charge on any atom is -0.368 e. The molecule has 0 aromatic rings. The number of carbonyl (C=O) groups is 1. The molecule has 1 saturated heterocycles. The summed E-state index contributed by atoms with van der Waals surface area (Å²) in [4.78, 5) is 13.2. The maximum atomic E-state index is 11.0. The Morgan fingerprint density at radius 1 is 1.31 bits per heavy atom. The van der Waals surface area contributed by atoms with Crippen LogP contribution in [0.2, 0.25) is 0 Å². The van der Waals surface area contributed by atoms with Gasteiger partial charge >= 0.3 is 0 Å². The quantitative estimate of drug-likeness (QED) is 0.602. The highest BCUT2D eigenvalue weighted by atomic mass is 16.1. The van der Waals surface area contributed by atoms with Gasteiger partial charge in [0.15, 0.2) is 0 Å². The summed E-state index contributed by atoms with van der Waals surface area (Å²) in [7, 11) is 0. The third-order valence-corrected chi connectivity index (χ3v) is 3.35. The minimum atomic E-state index is -0.189. The molecule has 1 saturated carbocycles. The van der Waals surface area contributed by atoms with Crippen molar-refractivity contribution >= 4 is 5.91 Å². The lowest BCUT2D eigenvalue weighted by Crippen LogP contribution is -2.61. The first-order valence-corrected chi connectivity index (χ1v) is 5.01. The lowest BCUT2D eigenvalue weighted by molar-refractivity contribution is -0.129. The Labute approximate surface area is 78.2 Å². The largest absolute Gasteiger partial charge is 0.368 e. The van der Waals surface area contributed by atoms with Crippen LogP contribution < -0.4 is 11.5 Å². The first kappa shape index (κ1) is 8.97. The van der Waals surface area contributed by atoms with Crippen LogP contribution >= 0.6 is 0 Å². The molecule has 1 aliphatic carbocycles. The molecule has 2 aliphatic rings. The third kappa shape index (κ3) is 1.44. The Hall–Kier alpha value is -0.610. The molecule has 0 aromatic heterocycles. The van der Waals surface area contributed by atoms with Gasteiger partial charge in [-0.25, -0.2) is 0 Å². The Kier molecular flexibility index (Phi) is 2.26. The summed E-state index contributed by atoms with van der Waals surface area (Å²) in [6.07, 6.45) is 4.32. The van der Waals surface area contributed by atoms with Gasteiger partial charge in [0.1, 0.15) is 0 Å². The number of nitrogens with zero attached hydrogens (tertiary/aromatic N) is 1. The van der Waals surface area contributed by atoms with Crippen LogP contribution in [0, 0.1) is 0 Å². The standard InChI is InChI=1S/C9H17N3O/c10-6-2-1-3-7(6)12-5-4-8(12)9(11)13/h6-8H,1-5,10H2,(H2,11,13). The maximum absolute atomic E-state index is 11.0. The summed E-state index contributed by atoms with van der Waals surface area (Å²) < 4.78 is 0. The molecule has 4 N–H and O–H groups in total. The van der Waals surface area contributed by atoms with E-state index >= 15 is 0 Å². The number of rotatable bonds is 2. The lowest BCUT2D eigenvalue weighted by Gasteiger charge is -2.44. The second kappa shape index (κ2) is 3.27. The molecule has 74 valence electrons. The van der Waals surface area contributed by atoms with E-state index in [1.165, 1.54) is 6.42 Å². The minimum absolute atomic E-state index is 0.0332. The van der Waals surface area contributed by atoms with Gasteiger partial charge in [-0.1, -0.05) is 6.42 Å². The summed E-state index contributed by atoms with van der Waals surface area (Å²) in [6.45, 7) is 0.992. The summed E-state index contributed by atoms with van der Waals surface area (Å²) in [5.74, 6) is -0.189. The summed E-state index contributed by atoms with van der Waals surface area (Å²) in [5.41, 5.74) is 11.2. The molecule has 1 aliphatic heterocycles. The fourth-order valence-electron chi connectivity index (χ4n) is 2.49. The fourth-order valence-corrected chi connectivity index (χ4v) is 2.49. The zero-order chi connectivity index (χ0) is 9.42. The molecule has 1 heterocycles. The van der Waals surface area contributed by atoms with Gasteiger partial charge < -0.3 is 11.5 Å². The topological polar surface area (TPSA) is 72.4 Å². The van der Waals surface area contributed by atoms with Gasteiger partial charge in [-0.05, 0) is 19.3 Å². The summed E-state index contributed by atoms with van der Waals surface area (Å²) >= 11 is 0. The highest BCUT2D eigenvalue weighted by molar-refractivity contribution is 5.80. The molecular weight excluding hydrogens is 166 g/mol. The summed E-state index contributed by atoms with van der Waals surface area (Å²) in [5, 5.41) is 0. The molecular formula is C9H17N3O. The van der Waals surface area contributed by atoms with Crippen molar-refractivity contribution in [3.63, 3.8) is 0 Å². The van der Waals surface area contributed by atoms with Gasteiger partial charge in [0.25, 0.3) is 0 Å². The van der Waals surface area contributed by atoms with Gasteiger partial charge in [-0.3, -0.25) is 9.69 Å². The number of hydrogen-bond acceptors (Lipinski definition) is 3. The second-order valence-corrected chi connectivity index (χ2v) is 4.11. The number of amides is 1. The van der Waals surface area contributed by atoms with E-state index in [0.29, 0.717) is 6.04 Å². The molecule has 0 spiro atoms. The van der Waals surface area contributed by atoms with Crippen molar-refractivity contribution in [2.45, 2.75) is 43.8 Å². The first-order valence-electron chi connectivity index (χ1n) is 5.01. The van der Waals surface area contributed by atoms with Gasteiger partial charge in [0.05, 0.1) is 6.04 Å². The van der Waals surface area contributed by atoms with Crippen molar-refractivity contribution in [1.29, 1.82) is 0 Å². The Bertz CT molecular complexity index is 219. The normalized spacial score (nSPS) is 40.2. The van der Waals surface area contributed by atoms with E-state index in [4.69, 9.17) is 11.5 Å². The zero-order valence-corrected chi connectivity index (χ0v) is 7.78. The SMILES string of the molecule is NC(=O)C1CCN1C1CCCC1N. The molecule has 4 nitrogen and oxygen atoms in total. The summed E-state index contributed by atoms with van der Waals surface area (Å²) in [6, 6.07) is 0.627. The molecule has 13 heavy (non-hydrogen) atoms. The highest BCUT2D eigenvalue weighted by Crippen LogP contribution is 2.30. The van der Waals surface area contributed by atoms with Crippen molar-refractivity contribution in [2.24, 2.45) is 11.5 Å². The monoisotopic (exact) mass is 183 g/mol. The van der Waals surface area contributed by atoms with Gasteiger partial charge in [0, 0.05) is 18.6 Å². The van der Waals surface area contributed by atoms with E-state index in [0.717, 1.165) is 25.8 Å². The average Bonchev–Trinajstić information content (AvgIpc) is 2.33. The average molecular weight is 183 g/mol. The van der Waals surface area contributed by atoms with Gasteiger partial charge in [-0.2, -0.15) is 0 Å².